The fraction of sp³-hybridized carbons (Fsp3) is 0.310. The molecule has 0 atom stereocenters. The minimum atomic E-state index is -3.83. The Hall–Kier alpha value is -3.92. The number of carbonyl (C=O) groups excluding carboxylic acids is 2. The number of rotatable bonds is 6. The monoisotopic (exact) mass is 550 g/mol. The smallest absolute Gasteiger partial charge is 0.261 e. The SMILES string of the molecule is O=C(c1ccccc1F)N1CCN(c2ccc(NS(=O)(=O)c3ccccc3)cc2C(=O)N2CCCCC2)CC1. The molecule has 0 unspecified atom stereocenters. The maximum atomic E-state index is 14.2. The summed E-state index contributed by atoms with van der Waals surface area (Å²) in [5.41, 5.74) is 1.45. The molecule has 2 saturated heterocycles. The van der Waals surface area contributed by atoms with Gasteiger partial charge >= 0.3 is 0 Å². The van der Waals surface area contributed by atoms with Crippen LogP contribution in [0.15, 0.2) is 77.7 Å². The number of carbonyl (C=O) groups is 2. The molecule has 0 spiro atoms. The van der Waals surface area contributed by atoms with Crippen LogP contribution in [0.3, 0.4) is 0 Å². The number of amides is 2. The molecule has 8 nitrogen and oxygen atoms in total. The number of anilines is 2. The fourth-order valence-corrected chi connectivity index (χ4v) is 6.15. The van der Waals surface area contributed by atoms with E-state index in [9.17, 15) is 22.4 Å². The maximum absolute atomic E-state index is 14.2. The predicted molar refractivity (Wildman–Crippen MR) is 148 cm³/mol. The molecule has 3 aromatic carbocycles. The average Bonchev–Trinajstić information content (AvgIpc) is 2.97. The Morgan fingerprint density at radius 1 is 0.692 bits per heavy atom. The largest absolute Gasteiger partial charge is 0.367 e. The van der Waals surface area contributed by atoms with Gasteiger partial charge in [-0.3, -0.25) is 14.3 Å². The zero-order chi connectivity index (χ0) is 27.4. The number of sulfonamides is 1. The van der Waals surface area contributed by atoms with E-state index in [4.69, 9.17) is 0 Å². The first-order valence-corrected chi connectivity index (χ1v) is 14.6. The third kappa shape index (κ3) is 5.90. The zero-order valence-corrected chi connectivity index (χ0v) is 22.4. The van der Waals surface area contributed by atoms with Crippen molar-refractivity contribution in [3.8, 4) is 0 Å². The summed E-state index contributed by atoms with van der Waals surface area (Å²) in [6.07, 6.45) is 2.93. The fourth-order valence-electron chi connectivity index (χ4n) is 5.08. The summed E-state index contributed by atoms with van der Waals surface area (Å²) in [5, 5.41) is 0. The van der Waals surface area contributed by atoms with Gasteiger partial charge in [-0.25, -0.2) is 12.8 Å². The van der Waals surface area contributed by atoms with Gasteiger partial charge in [-0.15, -0.1) is 0 Å². The van der Waals surface area contributed by atoms with Crippen LogP contribution < -0.4 is 9.62 Å². The number of piperidine rings is 1. The molecule has 2 amide bonds. The van der Waals surface area contributed by atoms with Crippen LogP contribution in [0.4, 0.5) is 15.8 Å². The average molecular weight is 551 g/mol. The summed E-state index contributed by atoms with van der Waals surface area (Å²) in [5.74, 6) is -1.05. The van der Waals surface area contributed by atoms with Crippen molar-refractivity contribution in [1.29, 1.82) is 0 Å². The summed E-state index contributed by atoms with van der Waals surface area (Å²) in [6.45, 7) is 2.96. The molecule has 0 radical (unpaired) electrons. The molecule has 39 heavy (non-hydrogen) atoms. The molecule has 2 heterocycles. The minimum Gasteiger partial charge on any atom is -0.367 e. The van der Waals surface area contributed by atoms with Crippen molar-refractivity contribution in [1.82, 2.24) is 9.80 Å². The molecule has 2 fully saturated rings. The first-order chi connectivity index (χ1) is 18.8. The van der Waals surface area contributed by atoms with Crippen LogP contribution in [0.2, 0.25) is 0 Å². The number of hydrogen-bond acceptors (Lipinski definition) is 5. The molecular formula is C29H31FN4O4S. The molecule has 3 aromatic rings. The lowest BCUT2D eigenvalue weighted by atomic mass is 10.1. The Balaban J connectivity index is 1.39. The number of likely N-dealkylation sites (tertiary alicyclic amines) is 1. The Bertz CT molecular complexity index is 1450. The van der Waals surface area contributed by atoms with Crippen LogP contribution in [0.5, 0.6) is 0 Å². The van der Waals surface area contributed by atoms with Crippen molar-refractivity contribution in [2.75, 3.05) is 48.9 Å². The van der Waals surface area contributed by atoms with Crippen molar-refractivity contribution >= 4 is 33.2 Å². The van der Waals surface area contributed by atoms with E-state index in [1.54, 1.807) is 53.4 Å². The predicted octanol–water partition coefficient (Wildman–Crippen LogP) is 4.22. The maximum Gasteiger partial charge on any atom is 0.261 e. The third-order valence-electron chi connectivity index (χ3n) is 7.19. The summed E-state index contributed by atoms with van der Waals surface area (Å²) < 4.78 is 42.6. The molecule has 0 bridgehead atoms. The van der Waals surface area contributed by atoms with Gasteiger partial charge in [0.05, 0.1) is 16.0 Å². The van der Waals surface area contributed by atoms with E-state index >= 15 is 0 Å². The van der Waals surface area contributed by atoms with E-state index in [1.807, 2.05) is 9.80 Å². The second-order valence-electron chi connectivity index (χ2n) is 9.76. The first-order valence-electron chi connectivity index (χ1n) is 13.1. The molecule has 2 aliphatic heterocycles. The van der Waals surface area contributed by atoms with E-state index in [-0.39, 0.29) is 22.3 Å². The number of piperazine rings is 1. The van der Waals surface area contributed by atoms with E-state index in [1.165, 1.54) is 24.3 Å². The third-order valence-corrected chi connectivity index (χ3v) is 8.58. The van der Waals surface area contributed by atoms with Crippen LogP contribution in [0.1, 0.15) is 40.0 Å². The van der Waals surface area contributed by atoms with E-state index in [0.29, 0.717) is 56.2 Å². The van der Waals surface area contributed by atoms with Gasteiger partial charge in [0, 0.05) is 50.6 Å². The molecule has 0 aromatic heterocycles. The number of benzene rings is 3. The van der Waals surface area contributed by atoms with Crippen LogP contribution in [0.25, 0.3) is 0 Å². The molecule has 1 N–H and O–H groups in total. The molecule has 5 rings (SSSR count). The number of hydrogen-bond donors (Lipinski definition) is 1. The van der Waals surface area contributed by atoms with Crippen molar-refractivity contribution in [3.63, 3.8) is 0 Å². The van der Waals surface area contributed by atoms with Gasteiger partial charge in [-0.1, -0.05) is 30.3 Å². The molecule has 204 valence electrons. The highest BCUT2D eigenvalue weighted by Gasteiger charge is 2.28. The van der Waals surface area contributed by atoms with Gasteiger partial charge in [0.15, 0.2) is 0 Å². The Morgan fingerprint density at radius 2 is 1.31 bits per heavy atom. The van der Waals surface area contributed by atoms with Gasteiger partial charge < -0.3 is 14.7 Å². The van der Waals surface area contributed by atoms with Crippen molar-refractivity contribution in [2.24, 2.45) is 0 Å². The van der Waals surface area contributed by atoms with E-state index < -0.39 is 15.8 Å². The van der Waals surface area contributed by atoms with Gasteiger partial charge in [0.2, 0.25) is 0 Å². The van der Waals surface area contributed by atoms with Crippen molar-refractivity contribution in [2.45, 2.75) is 24.2 Å². The molecule has 2 aliphatic rings. The minimum absolute atomic E-state index is 0.0435. The zero-order valence-electron chi connectivity index (χ0n) is 21.6. The number of halogens is 1. The Labute approximate surface area is 228 Å². The lowest BCUT2D eigenvalue weighted by Gasteiger charge is -2.37. The molecule has 10 heteroatoms. The molecule has 0 aliphatic carbocycles. The molecule has 0 saturated carbocycles. The quantitative estimate of drug-likeness (QED) is 0.497. The summed E-state index contributed by atoms with van der Waals surface area (Å²) in [4.78, 5) is 32.1. The second kappa shape index (κ2) is 11.4. The highest BCUT2D eigenvalue weighted by molar-refractivity contribution is 7.92. The molecular weight excluding hydrogens is 519 g/mol. The van der Waals surface area contributed by atoms with Crippen LogP contribution >= 0.6 is 0 Å². The van der Waals surface area contributed by atoms with Crippen LogP contribution in [0, 0.1) is 5.82 Å². The topological polar surface area (TPSA) is 90.0 Å². The second-order valence-corrected chi connectivity index (χ2v) is 11.4. The van der Waals surface area contributed by atoms with E-state index in [0.717, 1.165) is 19.3 Å². The van der Waals surface area contributed by atoms with Crippen molar-refractivity contribution < 1.29 is 22.4 Å². The van der Waals surface area contributed by atoms with Gasteiger partial charge in [-0.05, 0) is 61.7 Å². The Morgan fingerprint density at radius 3 is 2.00 bits per heavy atom. The lowest BCUT2D eigenvalue weighted by Crippen LogP contribution is -2.49. The summed E-state index contributed by atoms with van der Waals surface area (Å²) in [6, 6.07) is 19.0. The van der Waals surface area contributed by atoms with Crippen molar-refractivity contribution in [3.05, 3.63) is 89.7 Å². The van der Waals surface area contributed by atoms with Crippen LogP contribution in [-0.4, -0.2) is 69.3 Å². The Kier molecular flexibility index (Phi) is 7.83. The normalized spacial score (nSPS) is 16.2. The highest BCUT2D eigenvalue weighted by atomic mass is 32.2. The first kappa shape index (κ1) is 26.7. The van der Waals surface area contributed by atoms with Gasteiger partial charge in [-0.2, -0.15) is 0 Å². The highest BCUT2D eigenvalue weighted by Crippen LogP contribution is 2.29. The van der Waals surface area contributed by atoms with Crippen LogP contribution in [-0.2, 0) is 10.0 Å². The van der Waals surface area contributed by atoms with Gasteiger partial charge in [0.25, 0.3) is 21.8 Å². The number of nitrogens with one attached hydrogen (secondary N) is 1. The van der Waals surface area contributed by atoms with E-state index in [2.05, 4.69) is 4.72 Å². The standard InChI is InChI=1S/C29H31FN4O4S/c30-26-12-6-5-11-24(26)28(35)34-19-17-32(18-20-34)27-14-13-22(31-39(37,38)23-9-3-1-4-10-23)21-25(27)29(36)33-15-7-2-8-16-33/h1,3-6,9-14,21,31H,2,7-8,15-20H2. The summed E-state index contributed by atoms with van der Waals surface area (Å²) >= 11 is 0. The lowest BCUT2D eigenvalue weighted by molar-refractivity contribution is 0.0717. The number of nitrogens with zero attached hydrogens (tertiary/aromatic N) is 3. The van der Waals surface area contributed by atoms with Gasteiger partial charge in [0.1, 0.15) is 5.82 Å². The summed E-state index contributed by atoms with van der Waals surface area (Å²) in [7, 11) is -3.83.